The van der Waals surface area contributed by atoms with Crippen molar-refractivity contribution in [3.05, 3.63) is 35.4 Å². The van der Waals surface area contributed by atoms with Crippen LogP contribution >= 0.6 is 24.8 Å². The molecular weight excluding hydrogens is 321 g/mol. The van der Waals surface area contributed by atoms with E-state index in [1.165, 1.54) is 11.1 Å². The molecule has 1 fully saturated rings. The van der Waals surface area contributed by atoms with Crippen LogP contribution in [0.25, 0.3) is 0 Å². The summed E-state index contributed by atoms with van der Waals surface area (Å²) >= 11 is 0. The first-order chi connectivity index (χ1) is 9.58. The summed E-state index contributed by atoms with van der Waals surface area (Å²) in [6.07, 6.45) is 0.947. The van der Waals surface area contributed by atoms with Crippen molar-refractivity contribution in [3.8, 4) is 0 Å². The Morgan fingerprint density at radius 1 is 1.32 bits per heavy atom. The number of amides is 1. The molecule has 1 heterocycles. The van der Waals surface area contributed by atoms with Gasteiger partial charge in [-0.1, -0.05) is 29.8 Å². The van der Waals surface area contributed by atoms with Crippen molar-refractivity contribution in [1.29, 1.82) is 0 Å². The molecular formula is C16H27Cl2N3O. The van der Waals surface area contributed by atoms with Crippen LogP contribution in [0.15, 0.2) is 24.3 Å². The summed E-state index contributed by atoms with van der Waals surface area (Å²) in [6, 6.07) is 8.74. The zero-order chi connectivity index (χ0) is 14.5. The van der Waals surface area contributed by atoms with Gasteiger partial charge in [0.15, 0.2) is 0 Å². The Morgan fingerprint density at radius 2 is 1.95 bits per heavy atom. The topological polar surface area (TPSA) is 44.4 Å². The van der Waals surface area contributed by atoms with Gasteiger partial charge in [0.05, 0.1) is 12.0 Å². The Bertz CT molecular complexity index is 445. The Hall–Kier alpha value is -0.810. The number of aryl methyl sites for hydroxylation is 1. The summed E-state index contributed by atoms with van der Waals surface area (Å²) < 4.78 is 0. The highest BCUT2D eigenvalue weighted by molar-refractivity contribution is 5.85. The second-order valence-electron chi connectivity index (χ2n) is 5.82. The summed E-state index contributed by atoms with van der Waals surface area (Å²) in [7, 11) is 4.10. The number of benzene rings is 1. The van der Waals surface area contributed by atoms with Gasteiger partial charge in [0.25, 0.3) is 0 Å². The van der Waals surface area contributed by atoms with Crippen LogP contribution in [0.5, 0.6) is 0 Å². The molecule has 6 heteroatoms. The standard InChI is InChI=1S/C16H25N3O.2ClH/c1-12-4-6-13(7-5-12)15(19(2)3)11-18-16(20)14-8-9-17-10-14;;/h4-7,14-15,17H,8-11H2,1-3H3,(H,18,20);2*1H. The molecule has 0 spiro atoms. The third-order valence-corrected chi connectivity index (χ3v) is 3.99. The summed E-state index contributed by atoms with van der Waals surface area (Å²) in [5, 5.41) is 6.33. The minimum atomic E-state index is 0. The van der Waals surface area contributed by atoms with E-state index in [9.17, 15) is 4.79 Å². The molecule has 2 rings (SSSR count). The molecule has 0 bridgehead atoms. The molecule has 126 valence electrons. The average molecular weight is 348 g/mol. The number of nitrogens with zero attached hydrogens (tertiary/aromatic N) is 1. The zero-order valence-corrected chi connectivity index (χ0v) is 15.1. The predicted octanol–water partition coefficient (Wildman–Crippen LogP) is 2.17. The van der Waals surface area contributed by atoms with Crippen LogP contribution in [-0.4, -0.2) is 44.5 Å². The molecule has 2 N–H and O–H groups in total. The van der Waals surface area contributed by atoms with Crippen LogP contribution in [0.1, 0.15) is 23.6 Å². The Kier molecular flexibility index (Phi) is 9.69. The van der Waals surface area contributed by atoms with Gasteiger partial charge in [-0.05, 0) is 39.5 Å². The van der Waals surface area contributed by atoms with Gasteiger partial charge >= 0.3 is 0 Å². The van der Waals surface area contributed by atoms with Crippen LogP contribution in [0.4, 0.5) is 0 Å². The van der Waals surface area contributed by atoms with E-state index in [-0.39, 0.29) is 42.7 Å². The summed E-state index contributed by atoms with van der Waals surface area (Å²) in [5.74, 6) is 0.310. The highest BCUT2D eigenvalue weighted by Gasteiger charge is 2.23. The highest BCUT2D eigenvalue weighted by Crippen LogP contribution is 2.18. The first kappa shape index (κ1) is 21.2. The van der Waals surface area contributed by atoms with Crippen LogP contribution in [0, 0.1) is 12.8 Å². The van der Waals surface area contributed by atoms with Crippen LogP contribution in [0.2, 0.25) is 0 Å². The molecule has 2 atom stereocenters. The van der Waals surface area contributed by atoms with Crippen molar-refractivity contribution in [2.45, 2.75) is 19.4 Å². The smallest absolute Gasteiger partial charge is 0.224 e. The molecule has 1 aliphatic rings. The number of nitrogens with one attached hydrogen (secondary N) is 2. The number of likely N-dealkylation sites (N-methyl/N-ethyl adjacent to an activating group) is 1. The quantitative estimate of drug-likeness (QED) is 0.857. The lowest BCUT2D eigenvalue weighted by atomic mass is 10.0. The van der Waals surface area contributed by atoms with Crippen LogP contribution < -0.4 is 10.6 Å². The number of hydrogen-bond donors (Lipinski definition) is 2. The van der Waals surface area contributed by atoms with E-state index in [0.29, 0.717) is 6.54 Å². The van der Waals surface area contributed by atoms with Gasteiger partial charge in [-0.25, -0.2) is 0 Å². The molecule has 0 saturated carbocycles. The van der Waals surface area contributed by atoms with E-state index in [4.69, 9.17) is 0 Å². The first-order valence-electron chi connectivity index (χ1n) is 7.29. The highest BCUT2D eigenvalue weighted by atomic mass is 35.5. The van der Waals surface area contributed by atoms with Crippen molar-refractivity contribution < 1.29 is 4.79 Å². The van der Waals surface area contributed by atoms with E-state index < -0.39 is 0 Å². The van der Waals surface area contributed by atoms with Gasteiger partial charge in [0.1, 0.15) is 0 Å². The van der Waals surface area contributed by atoms with Gasteiger partial charge in [-0.3, -0.25) is 4.79 Å². The van der Waals surface area contributed by atoms with E-state index in [1.54, 1.807) is 0 Å². The molecule has 0 aliphatic carbocycles. The number of halogens is 2. The molecule has 2 unspecified atom stereocenters. The maximum Gasteiger partial charge on any atom is 0.224 e. The maximum atomic E-state index is 12.1. The largest absolute Gasteiger partial charge is 0.354 e. The van der Waals surface area contributed by atoms with E-state index in [1.807, 2.05) is 14.1 Å². The first-order valence-corrected chi connectivity index (χ1v) is 7.29. The fraction of sp³-hybridized carbons (Fsp3) is 0.562. The van der Waals surface area contributed by atoms with Crippen molar-refractivity contribution >= 4 is 30.7 Å². The number of rotatable bonds is 5. The monoisotopic (exact) mass is 347 g/mol. The van der Waals surface area contributed by atoms with Gasteiger partial charge in [0, 0.05) is 13.1 Å². The zero-order valence-electron chi connectivity index (χ0n) is 13.5. The lowest BCUT2D eigenvalue weighted by molar-refractivity contribution is -0.124. The van der Waals surface area contributed by atoms with Crippen LogP contribution in [0.3, 0.4) is 0 Å². The molecule has 0 aromatic heterocycles. The molecule has 4 nitrogen and oxygen atoms in total. The molecule has 1 aliphatic heterocycles. The Balaban J connectivity index is 0.00000220. The predicted molar refractivity (Wildman–Crippen MR) is 96.1 cm³/mol. The maximum absolute atomic E-state index is 12.1. The van der Waals surface area contributed by atoms with E-state index >= 15 is 0 Å². The third-order valence-electron chi connectivity index (χ3n) is 3.99. The van der Waals surface area contributed by atoms with Crippen molar-refractivity contribution in [1.82, 2.24) is 15.5 Å². The summed E-state index contributed by atoms with van der Waals surface area (Å²) in [5.41, 5.74) is 2.50. The molecule has 1 saturated heterocycles. The van der Waals surface area contributed by atoms with Crippen molar-refractivity contribution in [2.75, 3.05) is 33.7 Å². The number of hydrogen-bond acceptors (Lipinski definition) is 3. The van der Waals surface area contributed by atoms with Gasteiger partial charge in [-0.2, -0.15) is 0 Å². The minimum Gasteiger partial charge on any atom is -0.354 e. The van der Waals surface area contributed by atoms with Gasteiger partial charge in [-0.15, -0.1) is 24.8 Å². The second kappa shape index (κ2) is 10.1. The van der Waals surface area contributed by atoms with E-state index in [2.05, 4.69) is 46.7 Å². The van der Waals surface area contributed by atoms with Crippen molar-refractivity contribution in [2.24, 2.45) is 5.92 Å². The summed E-state index contributed by atoms with van der Waals surface area (Å²) in [4.78, 5) is 14.2. The second-order valence-corrected chi connectivity index (χ2v) is 5.82. The minimum absolute atomic E-state index is 0. The summed E-state index contributed by atoms with van der Waals surface area (Å²) in [6.45, 7) is 4.50. The van der Waals surface area contributed by atoms with Gasteiger partial charge in [0.2, 0.25) is 5.91 Å². The Labute approximate surface area is 145 Å². The number of carbonyl (C=O) groups excluding carboxylic acids is 1. The Morgan fingerprint density at radius 3 is 2.45 bits per heavy atom. The van der Waals surface area contributed by atoms with Crippen molar-refractivity contribution in [3.63, 3.8) is 0 Å². The van der Waals surface area contributed by atoms with E-state index in [0.717, 1.165) is 19.5 Å². The van der Waals surface area contributed by atoms with Gasteiger partial charge < -0.3 is 15.5 Å². The molecule has 1 aromatic carbocycles. The SMILES string of the molecule is Cc1ccc(C(CNC(=O)C2CCNC2)N(C)C)cc1.Cl.Cl. The average Bonchev–Trinajstić information content (AvgIpc) is 2.94. The lowest BCUT2D eigenvalue weighted by Gasteiger charge is -2.26. The molecule has 1 amide bonds. The van der Waals surface area contributed by atoms with Crippen LogP contribution in [-0.2, 0) is 4.79 Å². The fourth-order valence-electron chi connectivity index (χ4n) is 2.61. The lowest BCUT2D eigenvalue weighted by Crippen LogP contribution is -2.38. The fourth-order valence-corrected chi connectivity index (χ4v) is 2.61. The third kappa shape index (κ3) is 5.76. The normalized spacial score (nSPS) is 18.3. The number of carbonyl (C=O) groups is 1. The molecule has 22 heavy (non-hydrogen) atoms. The molecule has 0 radical (unpaired) electrons. The molecule has 1 aromatic rings.